The second-order valence-corrected chi connectivity index (χ2v) is 4.94. The minimum Gasteiger partial charge on any atom is -0.480 e. The first kappa shape index (κ1) is 12.9. The van der Waals surface area contributed by atoms with Gasteiger partial charge in [-0.1, -0.05) is 29.8 Å². The summed E-state index contributed by atoms with van der Waals surface area (Å²) in [6, 6.07) is 11.6. The summed E-state index contributed by atoms with van der Waals surface area (Å²) < 4.78 is 18.6. The van der Waals surface area contributed by atoms with Crippen LogP contribution in [0.1, 0.15) is 5.56 Å². The van der Waals surface area contributed by atoms with Gasteiger partial charge >= 0.3 is 0 Å². The van der Waals surface area contributed by atoms with Crippen LogP contribution in [0, 0.1) is 5.82 Å². The average Bonchev–Trinajstić information content (AvgIpc) is 2.87. The maximum absolute atomic E-state index is 13.0. The first-order valence-electron chi connectivity index (χ1n) is 6.14. The lowest BCUT2D eigenvalue weighted by Gasteiger charge is -2.11. The molecular formula is C15H11ClFNO2. The van der Waals surface area contributed by atoms with Crippen molar-refractivity contribution in [2.75, 3.05) is 5.32 Å². The van der Waals surface area contributed by atoms with Crippen LogP contribution in [0.5, 0.6) is 5.75 Å². The van der Waals surface area contributed by atoms with Crippen molar-refractivity contribution in [3.63, 3.8) is 0 Å². The van der Waals surface area contributed by atoms with Crippen LogP contribution in [0.3, 0.4) is 0 Å². The van der Waals surface area contributed by atoms with Gasteiger partial charge < -0.3 is 10.1 Å². The Morgan fingerprint density at radius 3 is 2.85 bits per heavy atom. The molecule has 1 aliphatic rings. The molecule has 1 N–H and O–H groups in total. The molecule has 0 saturated heterocycles. The van der Waals surface area contributed by atoms with Crippen LogP contribution in [0.15, 0.2) is 42.5 Å². The molecule has 102 valence electrons. The van der Waals surface area contributed by atoms with E-state index in [0.29, 0.717) is 12.1 Å². The zero-order valence-corrected chi connectivity index (χ0v) is 11.2. The Labute approximate surface area is 120 Å². The number of fused-ring (bicyclic) bond motifs is 1. The minimum absolute atomic E-state index is 0.0292. The van der Waals surface area contributed by atoms with Gasteiger partial charge in [-0.15, -0.1) is 0 Å². The number of ether oxygens (including phenoxy) is 1. The number of amides is 1. The maximum Gasteiger partial charge on any atom is 0.265 e. The Morgan fingerprint density at radius 2 is 2.10 bits per heavy atom. The summed E-state index contributed by atoms with van der Waals surface area (Å²) in [5.41, 5.74) is 1.45. The standard InChI is InChI=1S/C15H11ClFNO2/c16-11-8-10(5-6-12(11)17)18-15(19)14-7-9-3-1-2-4-13(9)20-14/h1-6,8,14H,7H2,(H,18,19)/t14-/m0/s1. The third-order valence-corrected chi connectivity index (χ3v) is 3.42. The fraction of sp³-hybridized carbons (Fsp3) is 0.133. The van der Waals surface area contributed by atoms with Crippen molar-refractivity contribution in [3.8, 4) is 5.75 Å². The van der Waals surface area contributed by atoms with Gasteiger partial charge in [-0.25, -0.2) is 4.39 Å². The number of rotatable bonds is 2. The highest BCUT2D eigenvalue weighted by atomic mass is 35.5. The van der Waals surface area contributed by atoms with E-state index >= 15 is 0 Å². The van der Waals surface area contributed by atoms with E-state index in [-0.39, 0.29) is 10.9 Å². The van der Waals surface area contributed by atoms with E-state index < -0.39 is 11.9 Å². The van der Waals surface area contributed by atoms with E-state index in [9.17, 15) is 9.18 Å². The number of hydrogen-bond acceptors (Lipinski definition) is 2. The molecule has 20 heavy (non-hydrogen) atoms. The predicted octanol–water partition coefficient (Wildman–Crippen LogP) is 3.42. The summed E-state index contributed by atoms with van der Waals surface area (Å²) in [6.45, 7) is 0. The Balaban J connectivity index is 1.71. The first-order valence-corrected chi connectivity index (χ1v) is 6.52. The van der Waals surface area contributed by atoms with Gasteiger partial charge in [0.1, 0.15) is 11.6 Å². The summed E-state index contributed by atoms with van der Waals surface area (Å²) in [5.74, 6) is -0.0668. The van der Waals surface area contributed by atoms with Crippen LogP contribution in [0.4, 0.5) is 10.1 Å². The van der Waals surface area contributed by atoms with Gasteiger partial charge in [0, 0.05) is 12.1 Å². The van der Waals surface area contributed by atoms with Crippen LogP contribution in [0.2, 0.25) is 5.02 Å². The number of benzene rings is 2. The molecule has 2 aromatic carbocycles. The van der Waals surface area contributed by atoms with Gasteiger partial charge in [-0.05, 0) is 29.8 Å². The highest BCUT2D eigenvalue weighted by molar-refractivity contribution is 6.31. The molecule has 3 rings (SSSR count). The molecule has 1 aliphatic heterocycles. The second-order valence-electron chi connectivity index (χ2n) is 4.54. The molecule has 1 amide bonds. The Hall–Kier alpha value is -2.07. The highest BCUT2D eigenvalue weighted by Gasteiger charge is 2.28. The summed E-state index contributed by atoms with van der Waals surface area (Å²) in [7, 11) is 0. The van der Waals surface area contributed by atoms with Gasteiger partial charge in [0.2, 0.25) is 0 Å². The van der Waals surface area contributed by atoms with Gasteiger partial charge in [-0.2, -0.15) is 0 Å². The molecule has 5 heteroatoms. The number of hydrogen-bond donors (Lipinski definition) is 1. The lowest BCUT2D eigenvalue weighted by Crippen LogP contribution is -2.31. The minimum atomic E-state index is -0.573. The summed E-state index contributed by atoms with van der Waals surface area (Å²) in [4.78, 5) is 12.1. The molecule has 0 fully saturated rings. The average molecular weight is 292 g/mol. The zero-order valence-electron chi connectivity index (χ0n) is 10.4. The molecule has 0 radical (unpaired) electrons. The quantitative estimate of drug-likeness (QED) is 0.921. The van der Waals surface area contributed by atoms with Crippen molar-refractivity contribution < 1.29 is 13.9 Å². The van der Waals surface area contributed by atoms with Gasteiger partial charge in [0.25, 0.3) is 5.91 Å². The van der Waals surface area contributed by atoms with Gasteiger partial charge in [0.05, 0.1) is 5.02 Å². The highest BCUT2D eigenvalue weighted by Crippen LogP contribution is 2.29. The fourth-order valence-electron chi connectivity index (χ4n) is 2.12. The van der Waals surface area contributed by atoms with Crippen molar-refractivity contribution in [1.82, 2.24) is 0 Å². The number of para-hydroxylation sites is 1. The second kappa shape index (κ2) is 5.13. The summed E-state index contributed by atoms with van der Waals surface area (Å²) >= 11 is 5.67. The van der Waals surface area contributed by atoms with Crippen molar-refractivity contribution in [2.24, 2.45) is 0 Å². The molecule has 0 spiro atoms. The van der Waals surface area contributed by atoms with Gasteiger partial charge in [-0.3, -0.25) is 4.79 Å². The van der Waals surface area contributed by atoms with Crippen molar-refractivity contribution in [2.45, 2.75) is 12.5 Å². The maximum atomic E-state index is 13.0. The molecule has 3 nitrogen and oxygen atoms in total. The van der Waals surface area contributed by atoms with E-state index in [4.69, 9.17) is 16.3 Å². The number of nitrogens with one attached hydrogen (secondary N) is 1. The van der Waals surface area contributed by atoms with Gasteiger partial charge in [0.15, 0.2) is 6.10 Å². The van der Waals surface area contributed by atoms with Crippen LogP contribution in [-0.4, -0.2) is 12.0 Å². The normalized spacial score (nSPS) is 16.4. The molecular weight excluding hydrogens is 281 g/mol. The molecule has 2 aromatic rings. The molecule has 1 atom stereocenters. The van der Waals surface area contributed by atoms with E-state index in [2.05, 4.69) is 5.32 Å². The first-order chi connectivity index (χ1) is 9.63. The van der Waals surface area contributed by atoms with Crippen LogP contribution < -0.4 is 10.1 Å². The molecule has 0 aromatic heterocycles. The van der Waals surface area contributed by atoms with Crippen LogP contribution in [0.25, 0.3) is 0 Å². The smallest absolute Gasteiger partial charge is 0.265 e. The summed E-state index contributed by atoms with van der Waals surface area (Å²) in [6.07, 6.45) is -0.0482. The Kier molecular flexibility index (Phi) is 3.32. The van der Waals surface area contributed by atoms with Crippen LogP contribution >= 0.6 is 11.6 Å². The van der Waals surface area contributed by atoms with E-state index in [1.165, 1.54) is 18.2 Å². The van der Waals surface area contributed by atoms with Crippen molar-refractivity contribution in [1.29, 1.82) is 0 Å². The molecule has 0 aliphatic carbocycles. The van der Waals surface area contributed by atoms with Crippen molar-refractivity contribution in [3.05, 3.63) is 58.9 Å². The van der Waals surface area contributed by atoms with Crippen molar-refractivity contribution >= 4 is 23.2 Å². The van der Waals surface area contributed by atoms with E-state index in [1.807, 2.05) is 24.3 Å². The summed E-state index contributed by atoms with van der Waals surface area (Å²) in [5, 5.41) is 2.64. The third-order valence-electron chi connectivity index (χ3n) is 3.13. The van der Waals surface area contributed by atoms with E-state index in [1.54, 1.807) is 0 Å². The monoisotopic (exact) mass is 291 g/mol. The number of carbonyl (C=O) groups excluding carboxylic acids is 1. The number of carbonyl (C=O) groups is 1. The lowest BCUT2D eigenvalue weighted by atomic mass is 10.1. The SMILES string of the molecule is O=C(Nc1ccc(F)c(Cl)c1)[C@@H]1Cc2ccccc2O1. The number of halogens is 2. The Bertz CT molecular complexity index is 650. The fourth-order valence-corrected chi connectivity index (χ4v) is 2.31. The molecule has 0 bridgehead atoms. The molecule has 1 heterocycles. The third kappa shape index (κ3) is 2.47. The zero-order chi connectivity index (χ0) is 14.1. The Morgan fingerprint density at radius 1 is 1.30 bits per heavy atom. The topological polar surface area (TPSA) is 38.3 Å². The number of anilines is 1. The van der Waals surface area contributed by atoms with E-state index in [0.717, 1.165) is 11.3 Å². The predicted molar refractivity (Wildman–Crippen MR) is 74.6 cm³/mol. The molecule has 0 unspecified atom stereocenters. The largest absolute Gasteiger partial charge is 0.480 e. The van der Waals surface area contributed by atoms with Crippen LogP contribution in [-0.2, 0) is 11.2 Å². The lowest BCUT2D eigenvalue weighted by molar-refractivity contribution is -0.122. The molecule has 0 saturated carbocycles.